The first-order valence-electron chi connectivity index (χ1n) is 5.96. The lowest BCUT2D eigenvalue weighted by atomic mass is 10.1. The number of carbonyl (C=O) groups is 1. The normalized spacial score (nSPS) is 23.5. The smallest absolute Gasteiger partial charge is 0.254 e. The number of morpholine rings is 1. The largest absolute Gasteiger partial charge is 0.373 e. The van der Waals surface area contributed by atoms with Crippen molar-refractivity contribution in [1.29, 1.82) is 0 Å². The van der Waals surface area contributed by atoms with Crippen LogP contribution < -0.4 is 0 Å². The van der Waals surface area contributed by atoms with E-state index in [0.29, 0.717) is 24.6 Å². The molecule has 104 valence electrons. The molecule has 2 atom stereocenters. The number of rotatable bonds is 2. The fraction of sp³-hybridized carbons (Fsp3) is 0.462. The van der Waals surface area contributed by atoms with Gasteiger partial charge in [0.15, 0.2) is 0 Å². The van der Waals surface area contributed by atoms with Gasteiger partial charge in [-0.05, 0) is 25.1 Å². The molecule has 2 unspecified atom stereocenters. The first-order valence-corrected chi connectivity index (χ1v) is 6.87. The van der Waals surface area contributed by atoms with Crippen LogP contribution in [0.3, 0.4) is 0 Å². The predicted octanol–water partition coefficient (Wildman–Crippen LogP) is 2.95. The van der Waals surface area contributed by atoms with Crippen LogP contribution in [0.15, 0.2) is 18.2 Å². The van der Waals surface area contributed by atoms with Crippen LogP contribution in [0, 0.1) is 5.82 Å². The molecule has 0 bridgehead atoms. The van der Waals surface area contributed by atoms with Crippen molar-refractivity contribution in [3.8, 4) is 0 Å². The van der Waals surface area contributed by atoms with Crippen molar-refractivity contribution in [2.75, 3.05) is 19.0 Å². The summed E-state index contributed by atoms with van der Waals surface area (Å²) in [7, 11) is 0. The van der Waals surface area contributed by atoms with Crippen molar-refractivity contribution in [1.82, 2.24) is 4.90 Å². The van der Waals surface area contributed by atoms with Crippen molar-refractivity contribution in [2.45, 2.75) is 19.1 Å². The molecule has 3 nitrogen and oxygen atoms in total. The number of alkyl halides is 1. The number of ether oxygens (including phenoxy) is 1. The Balaban J connectivity index is 2.19. The number of nitrogens with zero attached hydrogens (tertiary/aromatic N) is 1. The van der Waals surface area contributed by atoms with Crippen molar-refractivity contribution < 1.29 is 13.9 Å². The summed E-state index contributed by atoms with van der Waals surface area (Å²) in [5.74, 6) is -0.389. The van der Waals surface area contributed by atoms with Crippen molar-refractivity contribution in [3.05, 3.63) is 34.6 Å². The molecule has 1 saturated heterocycles. The molecule has 1 heterocycles. The predicted molar refractivity (Wildman–Crippen MR) is 72.4 cm³/mol. The highest BCUT2D eigenvalue weighted by Gasteiger charge is 2.30. The van der Waals surface area contributed by atoms with E-state index in [-0.39, 0.29) is 23.1 Å². The highest BCUT2D eigenvalue weighted by Crippen LogP contribution is 2.20. The molecule has 0 aromatic heterocycles. The van der Waals surface area contributed by atoms with Gasteiger partial charge < -0.3 is 9.64 Å². The van der Waals surface area contributed by atoms with Crippen LogP contribution in [-0.4, -0.2) is 42.0 Å². The molecule has 0 radical (unpaired) electrons. The molecule has 1 fully saturated rings. The van der Waals surface area contributed by atoms with E-state index in [0.717, 1.165) is 0 Å². The minimum atomic E-state index is -0.535. The van der Waals surface area contributed by atoms with Crippen LogP contribution in [-0.2, 0) is 4.74 Å². The highest BCUT2D eigenvalue weighted by atomic mass is 35.5. The summed E-state index contributed by atoms with van der Waals surface area (Å²) < 4.78 is 18.6. The Labute approximate surface area is 121 Å². The van der Waals surface area contributed by atoms with E-state index in [1.807, 2.05) is 6.92 Å². The van der Waals surface area contributed by atoms with Gasteiger partial charge in [-0.25, -0.2) is 4.39 Å². The third kappa shape index (κ3) is 3.19. The van der Waals surface area contributed by atoms with E-state index in [2.05, 4.69) is 0 Å². The Morgan fingerprint density at radius 2 is 2.32 bits per heavy atom. The number of hydrogen-bond donors (Lipinski definition) is 0. The van der Waals surface area contributed by atoms with Gasteiger partial charge >= 0.3 is 0 Å². The molecule has 0 saturated carbocycles. The van der Waals surface area contributed by atoms with Gasteiger partial charge in [-0.3, -0.25) is 4.79 Å². The number of halogens is 3. The first kappa shape index (κ1) is 14.6. The standard InChI is InChI=1S/C13H14Cl2FNO2/c1-8-7-19-10(5-14)6-17(8)13(18)9-2-3-12(16)11(15)4-9/h2-4,8,10H,5-7H2,1H3. The maximum absolute atomic E-state index is 13.1. The van der Waals surface area contributed by atoms with Crippen molar-refractivity contribution in [2.24, 2.45) is 0 Å². The van der Waals surface area contributed by atoms with Gasteiger partial charge in [0.05, 0.1) is 29.7 Å². The molecule has 1 aromatic rings. The first-order chi connectivity index (χ1) is 9.02. The molecule has 1 amide bonds. The topological polar surface area (TPSA) is 29.5 Å². The van der Waals surface area contributed by atoms with Crippen LogP contribution >= 0.6 is 23.2 Å². The summed E-state index contributed by atoms with van der Waals surface area (Å²) in [6.07, 6.45) is -0.169. The van der Waals surface area contributed by atoms with Gasteiger partial charge in [0.25, 0.3) is 5.91 Å². The Hall–Kier alpha value is -0.840. The molecule has 1 aliphatic rings. The summed E-state index contributed by atoms with van der Waals surface area (Å²) in [6, 6.07) is 3.92. The van der Waals surface area contributed by atoms with E-state index >= 15 is 0 Å². The van der Waals surface area contributed by atoms with E-state index in [1.54, 1.807) is 4.90 Å². The number of hydrogen-bond acceptors (Lipinski definition) is 2. The molecule has 2 rings (SSSR count). The SMILES string of the molecule is CC1COC(CCl)CN1C(=O)c1ccc(F)c(Cl)c1. The Morgan fingerprint density at radius 1 is 1.58 bits per heavy atom. The molecular formula is C13H14Cl2FNO2. The van der Waals surface area contributed by atoms with Gasteiger partial charge in [0.1, 0.15) is 5.82 Å². The Morgan fingerprint density at radius 3 is 2.95 bits per heavy atom. The van der Waals surface area contributed by atoms with Gasteiger partial charge in [-0.2, -0.15) is 0 Å². The second kappa shape index (κ2) is 6.07. The molecule has 0 N–H and O–H groups in total. The molecule has 0 spiro atoms. The Bertz CT molecular complexity index is 484. The van der Waals surface area contributed by atoms with E-state index in [9.17, 15) is 9.18 Å². The van der Waals surface area contributed by atoms with Crippen LogP contribution in [0.4, 0.5) is 4.39 Å². The monoisotopic (exact) mass is 305 g/mol. The highest BCUT2D eigenvalue weighted by molar-refractivity contribution is 6.31. The molecular weight excluding hydrogens is 292 g/mol. The van der Waals surface area contributed by atoms with E-state index < -0.39 is 5.82 Å². The van der Waals surface area contributed by atoms with Gasteiger partial charge in [-0.15, -0.1) is 11.6 Å². The second-order valence-electron chi connectivity index (χ2n) is 4.55. The molecule has 6 heteroatoms. The second-order valence-corrected chi connectivity index (χ2v) is 5.26. The van der Waals surface area contributed by atoms with Gasteiger partial charge in [0.2, 0.25) is 0 Å². The van der Waals surface area contributed by atoms with Gasteiger partial charge in [0, 0.05) is 12.1 Å². The van der Waals surface area contributed by atoms with Crippen molar-refractivity contribution >= 4 is 29.1 Å². The average Bonchev–Trinajstić information content (AvgIpc) is 2.41. The zero-order valence-corrected chi connectivity index (χ0v) is 11.9. The van der Waals surface area contributed by atoms with Crippen molar-refractivity contribution in [3.63, 3.8) is 0 Å². The van der Waals surface area contributed by atoms with Crippen LogP contribution in [0.5, 0.6) is 0 Å². The fourth-order valence-corrected chi connectivity index (χ4v) is 2.36. The summed E-state index contributed by atoms with van der Waals surface area (Å²) in [4.78, 5) is 14.1. The van der Waals surface area contributed by atoms with Crippen LogP contribution in [0.25, 0.3) is 0 Å². The fourth-order valence-electron chi connectivity index (χ4n) is 1.99. The molecule has 0 aliphatic carbocycles. The van der Waals surface area contributed by atoms with Crippen LogP contribution in [0.2, 0.25) is 5.02 Å². The summed E-state index contributed by atoms with van der Waals surface area (Å²) in [5, 5.41) is -0.0549. The lowest BCUT2D eigenvalue weighted by Crippen LogP contribution is -2.51. The number of amides is 1. The summed E-state index contributed by atoms with van der Waals surface area (Å²) >= 11 is 11.5. The maximum Gasteiger partial charge on any atom is 0.254 e. The quantitative estimate of drug-likeness (QED) is 0.786. The van der Waals surface area contributed by atoms with E-state index in [1.165, 1.54) is 18.2 Å². The molecule has 1 aromatic carbocycles. The maximum atomic E-state index is 13.1. The lowest BCUT2D eigenvalue weighted by Gasteiger charge is -2.37. The third-order valence-corrected chi connectivity index (χ3v) is 3.74. The molecule has 19 heavy (non-hydrogen) atoms. The average molecular weight is 306 g/mol. The van der Waals surface area contributed by atoms with Gasteiger partial charge in [-0.1, -0.05) is 11.6 Å². The van der Waals surface area contributed by atoms with Crippen LogP contribution in [0.1, 0.15) is 17.3 Å². The lowest BCUT2D eigenvalue weighted by molar-refractivity contribution is -0.0371. The Kier molecular flexibility index (Phi) is 4.66. The minimum absolute atomic E-state index is 0.0456. The summed E-state index contributed by atoms with van der Waals surface area (Å²) in [6.45, 7) is 2.77. The summed E-state index contributed by atoms with van der Waals surface area (Å²) in [5.41, 5.74) is 0.369. The number of benzene rings is 1. The third-order valence-electron chi connectivity index (χ3n) is 3.11. The zero-order valence-electron chi connectivity index (χ0n) is 10.4. The minimum Gasteiger partial charge on any atom is -0.373 e. The number of carbonyl (C=O) groups excluding carboxylic acids is 1. The van der Waals surface area contributed by atoms with E-state index in [4.69, 9.17) is 27.9 Å². The molecule has 1 aliphatic heterocycles. The zero-order chi connectivity index (χ0) is 14.0.